The van der Waals surface area contributed by atoms with Crippen molar-refractivity contribution in [2.75, 3.05) is 24.1 Å². The summed E-state index contributed by atoms with van der Waals surface area (Å²) in [5.41, 5.74) is 11.1. The van der Waals surface area contributed by atoms with Gasteiger partial charge in [-0.15, -0.1) is 0 Å². The van der Waals surface area contributed by atoms with E-state index < -0.39 is 0 Å². The third-order valence-corrected chi connectivity index (χ3v) is 5.64. The number of aromatic nitrogens is 2. The standard InChI is InChI=1S/C24H27N5O/c1-16-5-4-14-29(15-16)23(30)18-8-10-19(11-9-18)27-24-26-13-12-22(28-24)20-6-3-7-21(25)17(20)2/h3,6-13,16H,4-5,14-15,25H2,1-2H3,(H,26,27,28). The number of benzene rings is 2. The highest BCUT2D eigenvalue weighted by Crippen LogP contribution is 2.26. The van der Waals surface area contributed by atoms with Crippen LogP contribution in [0.3, 0.4) is 0 Å². The number of nitrogens with two attached hydrogens (primary N) is 1. The molecule has 1 aromatic heterocycles. The number of piperidine rings is 1. The summed E-state index contributed by atoms with van der Waals surface area (Å²) in [5.74, 6) is 1.17. The number of hydrogen-bond donors (Lipinski definition) is 2. The molecule has 2 heterocycles. The molecule has 1 unspecified atom stereocenters. The van der Waals surface area contributed by atoms with Crippen LogP contribution in [-0.2, 0) is 0 Å². The van der Waals surface area contributed by atoms with Gasteiger partial charge in [-0.3, -0.25) is 4.79 Å². The maximum absolute atomic E-state index is 12.7. The zero-order chi connectivity index (χ0) is 21.1. The van der Waals surface area contributed by atoms with Gasteiger partial charge in [0.2, 0.25) is 5.95 Å². The molecule has 3 aromatic rings. The van der Waals surface area contributed by atoms with Crippen molar-refractivity contribution in [1.29, 1.82) is 0 Å². The molecule has 0 aliphatic carbocycles. The first-order valence-electron chi connectivity index (χ1n) is 10.4. The van der Waals surface area contributed by atoms with Crippen LogP contribution >= 0.6 is 0 Å². The fourth-order valence-electron chi connectivity index (χ4n) is 3.88. The molecule has 1 amide bonds. The van der Waals surface area contributed by atoms with Crippen molar-refractivity contribution >= 4 is 23.2 Å². The molecule has 6 heteroatoms. The van der Waals surface area contributed by atoms with E-state index in [9.17, 15) is 4.79 Å². The van der Waals surface area contributed by atoms with Crippen molar-refractivity contribution in [3.05, 3.63) is 65.9 Å². The number of likely N-dealkylation sites (tertiary alicyclic amines) is 1. The van der Waals surface area contributed by atoms with Gasteiger partial charge in [-0.2, -0.15) is 0 Å². The lowest BCUT2D eigenvalue weighted by atomic mass is 9.99. The fourth-order valence-corrected chi connectivity index (χ4v) is 3.88. The van der Waals surface area contributed by atoms with E-state index in [0.717, 1.165) is 47.7 Å². The van der Waals surface area contributed by atoms with E-state index >= 15 is 0 Å². The van der Waals surface area contributed by atoms with Gasteiger partial charge in [0.05, 0.1) is 5.69 Å². The number of carbonyl (C=O) groups is 1. The number of nitrogen functional groups attached to an aromatic ring is 1. The third kappa shape index (κ3) is 4.27. The molecule has 3 N–H and O–H groups in total. The van der Waals surface area contributed by atoms with Gasteiger partial charge in [-0.05, 0) is 67.6 Å². The van der Waals surface area contributed by atoms with Gasteiger partial charge in [-0.1, -0.05) is 19.1 Å². The van der Waals surface area contributed by atoms with Gasteiger partial charge < -0.3 is 16.0 Å². The highest BCUT2D eigenvalue weighted by atomic mass is 16.2. The minimum absolute atomic E-state index is 0.100. The lowest BCUT2D eigenvalue weighted by Gasteiger charge is -2.31. The first-order chi connectivity index (χ1) is 14.5. The molecule has 1 aliphatic heterocycles. The molecular weight excluding hydrogens is 374 g/mol. The van der Waals surface area contributed by atoms with Crippen molar-refractivity contribution in [3.8, 4) is 11.3 Å². The molecule has 1 fully saturated rings. The van der Waals surface area contributed by atoms with E-state index in [4.69, 9.17) is 5.73 Å². The highest BCUT2D eigenvalue weighted by Gasteiger charge is 2.21. The number of carbonyl (C=O) groups excluding carboxylic acids is 1. The van der Waals surface area contributed by atoms with Crippen LogP contribution in [-0.4, -0.2) is 33.9 Å². The summed E-state index contributed by atoms with van der Waals surface area (Å²) in [4.78, 5) is 23.7. The molecule has 1 atom stereocenters. The van der Waals surface area contributed by atoms with Crippen LogP contribution in [0.15, 0.2) is 54.7 Å². The molecule has 0 radical (unpaired) electrons. The topological polar surface area (TPSA) is 84.1 Å². The molecule has 1 saturated heterocycles. The molecule has 1 aliphatic rings. The maximum Gasteiger partial charge on any atom is 0.253 e. The Hall–Kier alpha value is -3.41. The van der Waals surface area contributed by atoms with Crippen LogP contribution in [0, 0.1) is 12.8 Å². The van der Waals surface area contributed by atoms with E-state index in [1.807, 2.05) is 60.4 Å². The van der Waals surface area contributed by atoms with Gasteiger partial charge in [0.15, 0.2) is 0 Å². The van der Waals surface area contributed by atoms with E-state index in [2.05, 4.69) is 22.2 Å². The summed E-state index contributed by atoms with van der Waals surface area (Å²) in [6, 6.07) is 15.2. The number of hydrogen-bond acceptors (Lipinski definition) is 5. The summed E-state index contributed by atoms with van der Waals surface area (Å²) in [6.07, 6.45) is 4.00. The minimum Gasteiger partial charge on any atom is -0.398 e. The Morgan fingerprint density at radius 3 is 2.73 bits per heavy atom. The van der Waals surface area contributed by atoms with Crippen molar-refractivity contribution in [2.24, 2.45) is 5.92 Å². The summed E-state index contributed by atoms with van der Waals surface area (Å²) < 4.78 is 0. The molecule has 0 spiro atoms. The smallest absolute Gasteiger partial charge is 0.253 e. The quantitative estimate of drug-likeness (QED) is 0.622. The number of amides is 1. The van der Waals surface area contributed by atoms with Gasteiger partial charge in [0.25, 0.3) is 5.91 Å². The Balaban J connectivity index is 1.49. The van der Waals surface area contributed by atoms with Gasteiger partial charge in [0.1, 0.15) is 0 Å². The van der Waals surface area contributed by atoms with Crippen LogP contribution in [0.2, 0.25) is 0 Å². The van der Waals surface area contributed by atoms with Gasteiger partial charge >= 0.3 is 0 Å². The van der Waals surface area contributed by atoms with Crippen LogP contribution in [0.1, 0.15) is 35.7 Å². The average molecular weight is 402 g/mol. The van der Waals surface area contributed by atoms with Gasteiger partial charge in [-0.25, -0.2) is 9.97 Å². The van der Waals surface area contributed by atoms with E-state index in [1.54, 1.807) is 6.20 Å². The fraction of sp³-hybridized carbons (Fsp3) is 0.292. The molecule has 0 bridgehead atoms. The minimum atomic E-state index is 0.100. The molecule has 6 nitrogen and oxygen atoms in total. The second-order valence-corrected chi connectivity index (χ2v) is 7.99. The average Bonchev–Trinajstić information content (AvgIpc) is 2.76. The Kier molecular flexibility index (Phi) is 5.65. The van der Waals surface area contributed by atoms with Crippen molar-refractivity contribution in [3.63, 3.8) is 0 Å². The Bertz CT molecular complexity index is 1050. The number of anilines is 3. The van der Waals surface area contributed by atoms with Crippen LogP contribution in [0.25, 0.3) is 11.3 Å². The normalized spacial score (nSPS) is 16.3. The molecule has 30 heavy (non-hydrogen) atoms. The summed E-state index contributed by atoms with van der Waals surface area (Å²) in [5, 5.41) is 3.22. The molecule has 0 saturated carbocycles. The first kappa shape index (κ1) is 19.9. The molecule has 154 valence electrons. The second-order valence-electron chi connectivity index (χ2n) is 7.99. The third-order valence-electron chi connectivity index (χ3n) is 5.64. The molecular formula is C24H27N5O. The molecule has 2 aromatic carbocycles. The predicted molar refractivity (Wildman–Crippen MR) is 121 cm³/mol. The van der Waals surface area contributed by atoms with Crippen LogP contribution in [0.4, 0.5) is 17.3 Å². The van der Waals surface area contributed by atoms with Crippen LogP contribution < -0.4 is 11.1 Å². The SMILES string of the molecule is Cc1c(N)cccc1-c1ccnc(Nc2ccc(C(=O)N3CCCC(C)C3)cc2)n1. The number of nitrogens with zero attached hydrogens (tertiary/aromatic N) is 3. The number of rotatable bonds is 4. The van der Waals surface area contributed by atoms with Crippen LogP contribution in [0.5, 0.6) is 0 Å². The summed E-state index contributed by atoms with van der Waals surface area (Å²) in [7, 11) is 0. The highest BCUT2D eigenvalue weighted by molar-refractivity contribution is 5.94. The van der Waals surface area contributed by atoms with E-state index in [1.165, 1.54) is 6.42 Å². The predicted octanol–water partition coefficient (Wildman–Crippen LogP) is 4.65. The second kappa shape index (κ2) is 8.53. The Labute approximate surface area is 177 Å². The van der Waals surface area contributed by atoms with E-state index in [-0.39, 0.29) is 5.91 Å². The first-order valence-corrected chi connectivity index (χ1v) is 10.4. The maximum atomic E-state index is 12.7. The summed E-state index contributed by atoms with van der Waals surface area (Å²) >= 11 is 0. The van der Waals surface area contributed by atoms with Gasteiger partial charge in [0, 0.05) is 41.8 Å². The molecule has 4 rings (SSSR count). The zero-order valence-corrected chi connectivity index (χ0v) is 17.4. The Morgan fingerprint density at radius 1 is 1.17 bits per heavy atom. The van der Waals surface area contributed by atoms with Crippen molar-refractivity contribution in [1.82, 2.24) is 14.9 Å². The largest absolute Gasteiger partial charge is 0.398 e. The van der Waals surface area contributed by atoms with E-state index in [0.29, 0.717) is 17.4 Å². The Morgan fingerprint density at radius 2 is 1.97 bits per heavy atom. The van der Waals surface area contributed by atoms with Crippen molar-refractivity contribution < 1.29 is 4.79 Å². The summed E-state index contributed by atoms with van der Waals surface area (Å²) in [6.45, 7) is 5.86. The monoisotopic (exact) mass is 401 g/mol. The number of nitrogens with one attached hydrogen (secondary N) is 1. The van der Waals surface area contributed by atoms with Crippen molar-refractivity contribution in [2.45, 2.75) is 26.7 Å². The lowest BCUT2D eigenvalue weighted by molar-refractivity contribution is 0.0683. The zero-order valence-electron chi connectivity index (χ0n) is 17.4. The lowest BCUT2D eigenvalue weighted by Crippen LogP contribution is -2.39.